The summed E-state index contributed by atoms with van der Waals surface area (Å²) in [4.78, 5) is 10.7. The molecule has 25 heavy (non-hydrogen) atoms. The lowest BCUT2D eigenvalue weighted by atomic mass is 10.2. The van der Waals surface area contributed by atoms with Crippen LogP contribution in [-0.2, 0) is 29.5 Å². The highest BCUT2D eigenvalue weighted by Gasteiger charge is 2.07. The number of sulfone groups is 1. The number of esters is 1. The Morgan fingerprint density at radius 2 is 1.76 bits per heavy atom. The second kappa shape index (κ2) is 10.3. The van der Waals surface area contributed by atoms with Gasteiger partial charge in [0.15, 0.2) is 9.84 Å². The summed E-state index contributed by atoms with van der Waals surface area (Å²) < 4.78 is 57.2. The fourth-order valence-corrected chi connectivity index (χ4v) is 2.39. The van der Waals surface area contributed by atoms with Crippen molar-refractivity contribution < 1.29 is 30.9 Å². The van der Waals surface area contributed by atoms with E-state index in [0.717, 1.165) is 17.2 Å². The lowest BCUT2D eigenvalue weighted by Crippen LogP contribution is -2.22. The van der Waals surface area contributed by atoms with Crippen molar-refractivity contribution in [1.82, 2.24) is 0 Å². The van der Waals surface area contributed by atoms with Crippen molar-refractivity contribution >= 4 is 25.9 Å². The van der Waals surface area contributed by atoms with Crippen LogP contribution in [0, 0.1) is 6.92 Å². The van der Waals surface area contributed by atoms with Crippen molar-refractivity contribution in [2.45, 2.75) is 31.2 Å². The van der Waals surface area contributed by atoms with Gasteiger partial charge in [-0.15, -0.1) is 0 Å². The van der Waals surface area contributed by atoms with Crippen molar-refractivity contribution in [3.63, 3.8) is 0 Å². The molecule has 0 aliphatic carbocycles. The second-order valence-corrected chi connectivity index (χ2v) is 8.41. The van der Waals surface area contributed by atoms with E-state index >= 15 is 0 Å². The first-order valence-corrected chi connectivity index (χ1v) is 10.5. The van der Waals surface area contributed by atoms with Crippen molar-refractivity contribution in [3.05, 3.63) is 41.3 Å². The number of aryl methyl sites for hydroxylation is 1. The van der Waals surface area contributed by atoms with Gasteiger partial charge >= 0.3 is 5.97 Å². The van der Waals surface area contributed by atoms with E-state index in [1.54, 1.807) is 19.1 Å². The minimum absolute atomic E-state index is 0.0140. The van der Waals surface area contributed by atoms with E-state index in [1.807, 2.05) is 6.92 Å². The number of benzene rings is 1. The minimum atomic E-state index is -4.27. The third kappa shape index (κ3) is 12.3. The van der Waals surface area contributed by atoms with E-state index in [2.05, 4.69) is 4.74 Å². The minimum Gasteiger partial charge on any atom is -0.744 e. The summed E-state index contributed by atoms with van der Waals surface area (Å²) in [5, 5.41) is 0.983. The molecule has 0 aliphatic rings. The van der Waals surface area contributed by atoms with Crippen molar-refractivity contribution in [1.29, 1.82) is 0 Å². The monoisotopic (exact) mass is 392 g/mol. The molecular weight excluding hydrogens is 370 g/mol. The molecule has 0 heterocycles. The number of rotatable bonds is 6. The first-order valence-electron chi connectivity index (χ1n) is 7.17. The van der Waals surface area contributed by atoms with Crippen LogP contribution >= 0.6 is 0 Å². The van der Waals surface area contributed by atoms with E-state index in [4.69, 9.17) is 5.73 Å². The van der Waals surface area contributed by atoms with Gasteiger partial charge in [0, 0.05) is 17.7 Å². The molecule has 0 aliphatic heterocycles. The highest BCUT2D eigenvalue weighted by molar-refractivity contribution is 7.93. The van der Waals surface area contributed by atoms with Crippen LogP contribution < -0.4 is 5.73 Å². The van der Waals surface area contributed by atoms with Crippen LogP contribution in [0.4, 0.5) is 0 Å². The summed E-state index contributed by atoms with van der Waals surface area (Å²) in [6.45, 7) is 3.80. The molecule has 0 amide bonds. The summed E-state index contributed by atoms with van der Waals surface area (Å²) in [7, 11) is -7.45. The van der Waals surface area contributed by atoms with Gasteiger partial charge in [-0.2, -0.15) is 0 Å². The van der Waals surface area contributed by atoms with Crippen LogP contribution in [-0.4, -0.2) is 46.3 Å². The van der Waals surface area contributed by atoms with Crippen molar-refractivity contribution in [2.75, 3.05) is 12.9 Å². The molecule has 0 bridgehead atoms. The summed E-state index contributed by atoms with van der Waals surface area (Å²) in [6.07, 6.45) is 2.31. The van der Waals surface area contributed by atoms with E-state index in [9.17, 15) is 26.2 Å². The maximum Gasteiger partial charge on any atom is 0.307 e. The third-order valence-electron chi connectivity index (χ3n) is 2.59. The summed E-state index contributed by atoms with van der Waals surface area (Å²) >= 11 is 0. The van der Waals surface area contributed by atoms with Gasteiger partial charge in [-0.25, -0.2) is 16.8 Å². The van der Waals surface area contributed by atoms with Gasteiger partial charge in [0.05, 0.1) is 17.9 Å². The highest BCUT2D eigenvalue weighted by Crippen LogP contribution is 2.08. The Hall–Kier alpha value is -1.75. The fraction of sp³-hybridized carbons (Fsp3) is 0.400. The van der Waals surface area contributed by atoms with Gasteiger partial charge in [-0.1, -0.05) is 23.8 Å². The standard InChI is InChI=1S/C8H15NO4S.C7H8O3S/c1-3-13-8(10)6-7(9)4-5-14(2,11)12;1-6-2-4-7(5-3-6)11(8,9)10/h4-5,7H,3,6,9H2,1-2H3;2-5H,1H3,(H,8,9,10)/p-1/b5-4+;/t7-;/m1./s1. The molecule has 0 fully saturated rings. The van der Waals surface area contributed by atoms with E-state index in [0.29, 0.717) is 6.61 Å². The lowest BCUT2D eigenvalue weighted by Gasteiger charge is -2.05. The van der Waals surface area contributed by atoms with Crippen LogP contribution in [0.2, 0.25) is 0 Å². The van der Waals surface area contributed by atoms with Gasteiger partial charge < -0.3 is 15.0 Å². The van der Waals surface area contributed by atoms with Crippen LogP contribution in [0.15, 0.2) is 40.6 Å². The Morgan fingerprint density at radius 3 is 2.16 bits per heavy atom. The Balaban J connectivity index is 0.000000472. The fourth-order valence-electron chi connectivity index (χ4n) is 1.43. The van der Waals surface area contributed by atoms with Gasteiger partial charge in [0.1, 0.15) is 10.1 Å². The predicted octanol–water partition coefficient (Wildman–Crippen LogP) is 0.724. The molecule has 0 aromatic heterocycles. The van der Waals surface area contributed by atoms with E-state index in [1.165, 1.54) is 18.2 Å². The summed E-state index contributed by atoms with van der Waals surface area (Å²) in [6, 6.07) is 5.16. The number of carbonyl (C=O) groups is 1. The molecule has 0 spiro atoms. The van der Waals surface area contributed by atoms with E-state index in [-0.39, 0.29) is 11.3 Å². The summed E-state index contributed by atoms with van der Waals surface area (Å²) in [5.74, 6) is -0.432. The number of hydrogen-bond donors (Lipinski definition) is 1. The molecule has 0 saturated heterocycles. The molecule has 1 rings (SSSR count). The normalized spacial score (nSPS) is 13.0. The Bertz CT molecular complexity index is 782. The molecule has 1 aromatic carbocycles. The van der Waals surface area contributed by atoms with Gasteiger partial charge in [-0.3, -0.25) is 4.79 Å². The predicted molar refractivity (Wildman–Crippen MR) is 92.4 cm³/mol. The third-order valence-corrected chi connectivity index (χ3v) is 4.09. The zero-order chi connectivity index (χ0) is 19.7. The van der Waals surface area contributed by atoms with Gasteiger partial charge in [0.2, 0.25) is 0 Å². The van der Waals surface area contributed by atoms with Crippen molar-refractivity contribution in [2.24, 2.45) is 5.73 Å². The molecule has 142 valence electrons. The first-order chi connectivity index (χ1) is 11.3. The highest BCUT2D eigenvalue weighted by atomic mass is 32.2. The average Bonchev–Trinajstić information content (AvgIpc) is 2.45. The average molecular weight is 392 g/mol. The maximum absolute atomic E-state index is 10.9. The summed E-state index contributed by atoms with van der Waals surface area (Å²) in [5.41, 5.74) is 6.39. The molecule has 8 nitrogen and oxygen atoms in total. The Morgan fingerprint density at radius 1 is 1.24 bits per heavy atom. The number of carbonyl (C=O) groups excluding carboxylic acids is 1. The first kappa shape index (κ1) is 23.2. The molecule has 0 saturated carbocycles. The smallest absolute Gasteiger partial charge is 0.307 e. The lowest BCUT2D eigenvalue weighted by molar-refractivity contribution is -0.143. The molecule has 1 aromatic rings. The number of ether oxygens (including phenoxy) is 1. The van der Waals surface area contributed by atoms with Gasteiger partial charge in [-0.05, 0) is 26.0 Å². The van der Waals surface area contributed by atoms with Crippen LogP contribution in [0.1, 0.15) is 18.9 Å². The van der Waals surface area contributed by atoms with Crippen molar-refractivity contribution in [3.8, 4) is 0 Å². The molecular formula is C15H22NO7S2-. The maximum atomic E-state index is 10.9. The Kier molecular flexibility index (Phi) is 9.57. The quantitative estimate of drug-likeness (QED) is 0.551. The molecule has 0 unspecified atom stereocenters. The second-order valence-electron chi connectivity index (χ2n) is 5.10. The van der Waals surface area contributed by atoms with Crippen LogP contribution in [0.5, 0.6) is 0 Å². The number of hydrogen-bond acceptors (Lipinski definition) is 8. The molecule has 0 radical (unpaired) electrons. The molecule has 10 heteroatoms. The van der Waals surface area contributed by atoms with Crippen LogP contribution in [0.3, 0.4) is 0 Å². The van der Waals surface area contributed by atoms with Crippen LogP contribution in [0.25, 0.3) is 0 Å². The largest absolute Gasteiger partial charge is 0.744 e. The Labute approximate surface area is 148 Å². The van der Waals surface area contributed by atoms with E-state index < -0.39 is 32.0 Å². The number of nitrogens with two attached hydrogens (primary N) is 1. The topological polar surface area (TPSA) is 144 Å². The zero-order valence-electron chi connectivity index (χ0n) is 14.2. The molecule has 1 atom stereocenters. The SMILES string of the molecule is CCOC(=O)C[C@H](N)/C=C/S(C)(=O)=O.Cc1ccc(S(=O)(=O)[O-])cc1. The zero-order valence-corrected chi connectivity index (χ0v) is 15.8. The molecule has 2 N–H and O–H groups in total. The van der Waals surface area contributed by atoms with Gasteiger partial charge in [0.25, 0.3) is 0 Å².